The zero-order chi connectivity index (χ0) is 12.3. The Morgan fingerprint density at radius 1 is 1.18 bits per heavy atom. The van der Waals surface area contributed by atoms with Crippen molar-refractivity contribution in [2.24, 2.45) is 0 Å². The number of halogens is 2. The molecule has 0 saturated heterocycles. The van der Waals surface area contributed by atoms with Crippen LogP contribution in [0.5, 0.6) is 0 Å². The third-order valence-electron chi connectivity index (χ3n) is 2.67. The Bertz CT molecular complexity index is 497. The molecule has 0 saturated carbocycles. The highest BCUT2D eigenvalue weighted by Crippen LogP contribution is 2.32. The molecule has 88 valence electrons. The lowest BCUT2D eigenvalue weighted by Gasteiger charge is -2.12. The summed E-state index contributed by atoms with van der Waals surface area (Å²) >= 11 is 12.6. The topological polar surface area (TPSA) is 12.9 Å². The second-order valence-electron chi connectivity index (χ2n) is 3.97. The average molecular weight is 266 g/mol. The maximum atomic E-state index is 6.39. The first-order valence-electron chi connectivity index (χ1n) is 5.47. The fraction of sp³-hybridized carbons (Fsp3) is 0.214. The van der Waals surface area contributed by atoms with Crippen LogP contribution in [0.4, 0.5) is 0 Å². The molecule has 0 amide bonds. The molecule has 0 N–H and O–H groups in total. The molecule has 0 aliphatic heterocycles. The summed E-state index contributed by atoms with van der Waals surface area (Å²) in [5.74, 6) is 0. The third-order valence-corrected chi connectivity index (χ3v) is 3.58. The molecule has 1 unspecified atom stereocenters. The van der Waals surface area contributed by atoms with Gasteiger partial charge in [0.25, 0.3) is 0 Å². The number of nitrogens with zero attached hydrogens (tertiary/aromatic N) is 1. The molecule has 0 aliphatic carbocycles. The average Bonchev–Trinajstić information content (AvgIpc) is 2.34. The maximum absolute atomic E-state index is 6.39. The van der Waals surface area contributed by atoms with Gasteiger partial charge in [0.1, 0.15) is 0 Å². The lowest BCUT2D eigenvalue weighted by atomic mass is 10.0. The van der Waals surface area contributed by atoms with E-state index in [-0.39, 0.29) is 5.38 Å². The van der Waals surface area contributed by atoms with Gasteiger partial charge in [-0.25, -0.2) is 0 Å². The Hall–Kier alpha value is -1.05. The highest BCUT2D eigenvalue weighted by molar-refractivity contribution is 6.33. The first-order chi connectivity index (χ1) is 8.18. The molecule has 2 aromatic rings. The van der Waals surface area contributed by atoms with Gasteiger partial charge in [0, 0.05) is 23.3 Å². The van der Waals surface area contributed by atoms with Crippen LogP contribution >= 0.6 is 23.2 Å². The van der Waals surface area contributed by atoms with Crippen molar-refractivity contribution in [1.82, 2.24) is 4.98 Å². The Balaban J connectivity index is 2.20. The van der Waals surface area contributed by atoms with Gasteiger partial charge in [-0.1, -0.05) is 35.9 Å². The number of benzene rings is 1. The van der Waals surface area contributed by atoms with Crippen LogP contribution < -0.4 is 0 Å². The molecule has 3 heteroatoms. The zero-order valence-electron chi connectivity index (χ0n) is 9.53. The summed E-state index contributed by atoms with van der Waals surface area (Å²) in [4.78, 5) is 4.27. The Morgan fingerprint density at radius 3 is 2.71 bits per heavy atom. The zero-order valence-corrected chi connectivity index (χ0v) is 11.0. The number of aryl methyl sites for hydroxylation is 1. The van der Waals surface area contributed by atoms with E-state index in [2.05, 4.69) is 4.98 Å². The lowest BCUT2D eigenvalue weighted by molar-refractivity contribution is 0.880. The highest BCUT2D eigenvalue weighted by atomic mass is 35.5. The minimum absolute atomic E-state index is 0.141. The molecule has 1 heterocycles. The lowest BCUT2D eigenvalue weighted by Crippen LogP contribution is -1.99. The van der Waals surface area contributed by atoms with Crippen molar-refractivity contribution in [2.75, 3.05) is 0 Å². The fourth-order valence-electron chi connectivity index (χ4n) is 1.72. The summed E-state index contributed by atoms with van der Waals surface area (Å²) in [6, 6.07) is 11.8. The Morgan fingerprint density at radius 2 is 2.00 bits per heavy atom. The molecule has 1 aromatic heterocycles. The van der Waals surface area contributed by atoms with E-state index >= 15 is 0 Å². The van der Waals surface area contributed by atoms with Crippen molar-refractivity contribution in [3.8, 4) is 0 Å². The summed E-state index contributed by atoms with van der Waals surface area (Å²) in [7, 11) is 0. The number of pyridine rings is 1. The molecule has 0 spiro atoms. The Kier molecular flexibility index (Phi) is 4.03. The van der Waals surface area contributed by atoms with Gasteiger partial charge < -0.3 is 0 Å². The monoisotopic (exact) mass is 265 g/mol. The summed E-state index contributed by atoms with van der Waals surface area (Å²) in [6.07, 6.45) is 2.46. The predicted octanol–water partition coefficient (Wildman–Crippen LogP) is 4.57. The highest BCUT2D eigenvalue weighted by Gasteiger charge is 2.14. The molecule has 0 radical (unpaired) electrons. The summed E-state index contributed by atoms with van der Waals surface area (Å²) in [5.41, 5.74) is 3.00. The molecule has 0 fully saturated rings. The minimum atomic E-state index is -0.141. The van der Waals surface area contributed by atoms with Crippen LogP contribution in [-0.4, -0.2) is 4.98 Å². The van der Waals surface area contributed by atoms with Crippen LogP contribution in [0.1, 0.15) is 22.2 Å². The van der Waals surface area contributed by atoms with Crippen molar-refractivity contribution < 1.29 is 0 Å². The van der Waals surface area contributed by atoms with Gasteiger partial charge in [-0.15, -0.1) is 11.6 Å². The van der Waals surface area contributed by atoms with Gasteiger partial charge in [-0.3, -0.25) is 4.98 Å². The second-order valence-corrected chi connectivity index (χ2v) is 4.88. The van der Waals surface area contributed by atoms with E-state index in [4.69, 9.17) is 23.2 Å². The smallest absolute Gasteiger partial charge is 0.0655 e. The van der Waals surface area contributed by atoms with Gasteiger partial charge in [0.05, 0.1) is 5.38 Å². The Labute approximate surface area is 111 Å². The molecule has 0 aliphatic rings. The normalized spacial score (nSPS) is 12.4. The van der Waals surface area contributed by atoms with E-state index in [0.29, 0.717) is 6.42 Å². The fourth-order valence-corrected chi connectivity index (χ4v) is 2.38. The first-order valence-corrected chi connectivity index (χ1v) is 6.29. The van der Waals surface area contributed by atoms with Crippen LogP contribution in [0.3, 0.4) is 0 Å². The van der Waals surface area contributed by atoms with Crippen LogP contribution in [-0.2, 0) is 6.42 Å². The first kappa shape index (κ1) is 12.4. The van der Waals surface area contributed by atoms with E-state index < -0.39 is 0 Å². The maximum Gasteiger partial charge on any atom is 0.0655 e. The van der Waals surface area contributed by atoms with Crippen molar-refractivity contribution in [3.05, 3.63) is 64.4 Å². The standard InChI is InChI=1S/C14H13Cl2N/c1-10-5-4-7-12(14(10)16)13(15)9-11-6-2-3-8-17-11/h2-8,13H,9H2,1H3. The molecule has 2 rings (SSSR count). The van der Waals surface area contributed by atoms with Crippen molar-refractivity contribution in [2.45, 2.75) is 18.7 Å². The number of hydrogen-bond acceptors (Lipinski definition) is 1. The quantitative estimate of drug-likeness (QED) is 0.742. The van der Waals surface area contributed by atoms with E-state index in [0.717, 1.165) is 21.8 Å². The third kappa shape index (κ3) is 2.99. The van der Waals surface area contributed by atoms with E-state index in [1.165, 1.54) is 0 Å². The van der Waals surface area contributed by atoms with Gasteiger partial charge in [-0.2, -0.15) is 0 Å². The van der Waals surface area contributed by atoms with Crippen molar-refractivity contribution >= 4 is 23.2 Å². The molecule has 1 aromatic carbocycles. The number of alkyl halides is 1. The summed E-state index contributed by atoms with van der Waals surface area (Å²) < 4.78 is 0. The predicted molar refractivity (Wildman–Crippen MR) is 72.7 cm³/mol. The molecular weight excluding hydrogens is 253 g/mol. The van der Waals surface area contributed by atoms with Gasteiger partial charge in [-0.05, 0) is 30.2 Å². The molecule has 1 atom stereocenters. The SMILES string of the molecule is Cc1cccc(C(Cl)Cc2ccccn2)c1Cl. The molecule has 17 heavy (non-hydrogen) atoms. The van der Waals surface area contributed by atoms with Crippen molar-refractivity contribution in [1.29, 1.82) is 0 Å². The van der Waals surface area contributed by atoms with Gasteiger partial charge >= 0.3 is 0 Å². The largest absolute Gasteiger partial charge is 0.261 e. The second kappa shape index (κ2) is 5.52. The van der Waals surface area contributed by atoms with Crippen LogP contribution in [0.2, 0.25) is 5.02 Å². The summed E-state index contributed by atoms with van der Waals surface area (Å²) in [6.45, 7) is 1.98. The van der Waals surface area contributed by atoms with E-state index in [9.17, 15) is 0 Å². The van der Waals surface area contributed by atoms with Gasteiger partial charge in [0.2, 0.25) is 0 Å². The number of rotatable bonds is 3. The van der Waals surface area contributed by atoms with Crippen LogP contribution in [0, 0.1) is 6.92 Å². The van der Waals surface area contributed by atoms with Crippen LogP contribution in [0.15, 0.2) is 42.6 Å². The van der Waals surface area contributed by atoms with Gasteiger partial charge in [0.15, 0.2) is 0 Å². The van der Waals surface area contributed by atoms with Crippen LogP contribution in [0.25, 0.3) is 0 Å². The van der Waals surface area contributed by atoms with E-state index in [1.807, 2.05) is 43.3 Å². The molecule has 0 bridgehead atoms. The molecule has 1 nitrogen and oxygen atoms in total. The van der Waals surface area contributed by atoms with Crippen molar-refractivity contribution in [3.63, 3.8) is 0 Å². The number of aromatic nitrogens is 1. The minimum Gasteiger partial charge on any atom is -0.261 e. The molecular formula is C14H13Cl2N. The van der Waals surface area contributed by atoms with E-state index in [1.54, 1.807) is 6.20 Å². The summed E-state index contributed by atoms with van der Waals surface area (Å²) in [5, 5.41) is 0.612. The number of hydrogen-bond donors (Lipinski definition) is 0.